The average molecular weight is 348 g/mol. The molecule has 2 rings (SSSR count). The van der Waals surface area contributed by atoms with Crippen LogP contribution in [-0.2, 0) is 11.3 Å². The Morgan fingerprint density at radius 1 is 1.33 bits per heavy atom. The molecule has 2 heterocycles. The first-order chi connectivity index (χ1) is 11.2. The Kier molecular flexibility index (Phi) is 5.49. The first-order valence-corrected chi connectivity index (χ1v) is 8.64. The van der Waals surface area contributed by atoms with Crippen LogP contribution in [-0.4, -0.2) is 23.8 Å². The molecule has 24 heavy (non-hydrogen) atoms. The zero-order chi connectivity index (χ0) is 17.9. The van der Waals surface area contributed by atoms with Crippen molar-refractivity contribution < 1.29 is 14.3 Å². The number of pyridine rings is 1. The zero-order valence-electron chi connectivity index (χ0n) is 15.0. The molecule has 0 aliphatic carbocycles. The molecule has 0 N–H and O–H groups in total. The van der Waals surface area contributed by atoms with Gasteiger partial charge in [-0.25, -0.2) is 4.79 Å². The van der Waals surface area contributed by atoms with Crippen molar-refractivity contribution in [2.75, 3.05) is 12.0 Å². The second kappa shape index (κ2) is 7.21. The Morgan fingerprint density at radius 2 is 2.04 bits per heavy atom. The number of aromatic nitrogens is 1. The quantitative estimate of drug-likeness (QED) is 0.803. The molecule has 0 bridgehead atoms. The van der Waals surface area contributed by atoms with Gasteiger partial charge in [-0.3, -0.25) is 9.88 Å². The topological polar surface area (TPSA) is 51.7 Å². The molecule has 6 heteroatoms. The van der Waals surface area contributed by atoms with Crippen LogP contribution in [0.5, 0.6) is 5.75 Å². The number of carbonyl (C=O) groups is 1. The second-order valence-corrected chi connectivity index (χ2v) is 7.49. The van der Waals surface area contributed by atoms with Crippen LogP contribution in [0.4, 0.5) is 9.80 Å². The van der Waals surface area contributed by atoms with Crippen LogP contribution >= 0.6 is 11.3 Å². The van der Waals surface area contributed by atoms with Crippen molar-refractivity contribution >= 4 is 22.4 Å². The molecule has 0 aliphatic rings. The van der Waals surface area contributed by atoms with E-state index in [0.717, 1.165) is 27.6 Å². The number of methoxy groups -OCH3 is 1. The summed E-state index contributed by atoms with van der Waals surface area (Å²) in [7, 11) is 1.64. The van der Waals surface area contributed by atoms with Crippen molar-refractivity contribution in [3.8, 4) is 5.75 Å². The van der Waals surface area contributed by atoms with Crippen molar-refractivity contribution in [2.24, 2.45) is 0 Å². The van der Waals surface area contributed by atoms with Gasteiger partial charge in [-0.1, -0.05) is 0 Å². The summed E-state index contributed by atoms with van der Waals surface area (Å²) >= 11 is 1.49. The third-order valence-corrected chi connectivity index (χ3v) is 4.33. The Hall–Kier alpha value is -2.08. The maximum Gasteiger partial charge on any atom is 0.415 e. The highest BCUT2D eigenvalue weighted by Crippen LogP contribution is 2.29. The van der Waals surface area contributed by atoms with Crippen LogP contribution in [0, 0.1) is 13.8 Å². The van der Waals surface area contributed by atoms with E-state index in [-0.39, 0.29) is 6.09 Å². The zero-order valence-corrected chi connectivity index (χ0v) is 15.9. The third kappa shape index (κ3) is 4.26. The first-order valence-electron chi connectivity index (χ1n) is 7.76. The minimum absolute atomic E-state index is 0.331. The van der Waals surface area contributed by atoms with Gasteiger partial charge in [-0.05, 0) is 52.1 Å². The van der Waals surface area contributed by atoms with Crippen molar-refractivity contribution in [2.45, 2.75) is 46.8 Å². The van der Waals surface area contributed by atoms with E-state index in [2.05, 4.69) is 4.98 Å². The smallest absolute Gasteiger partial charge is 0.415 e. The van der Waals surface area contributed by atoms with Gasteiger partial charge in [0.1, 0.15) is 16.4 Å². The standard InChI is InChI=1S/C18H24N2O3S/c1-12-10-19-14(13(2)16(12)22-6)11-20(15-8-7-9-24-15)17(21)23-18(3,4)5/h7-10H,11H2,1-6H3. The van der Waals surface area contributed by atoms with Gasteiger partial charge < -0.3 is 9.47 Å². The molecule has 0 aliphatic heterocycles. The average Bonchev–Trinajstić information content (AvgIpc) is 2.99. The van der Waals surface area contributed by atoms with Gasteiger partial charge >= 0.3 is 6.09 Å². The van der Waals surface area contributed by atoms with Gasteiger partial charge in [0, 0.05) is 17.3 Å². The molecular formula is C18H24N2O3S. The number of thiophene rings is 1. The van der Waals surface area contributed by atoms with Gasteiger partial charge in [0.05, 0.1) is 19.3 Å². The molecule has 0 fully saturated rings. The van der Waals surface area contributed by atoms with Crippen LogP contribution in [0.15, 0.2) is 23.7 Å². The van der Waals surface area contributed by atoms with Crippen LogP contribution in [0.1, 0.15) is 37.6 Å². The van der Waals surface area contributed by atoms with Gasteiger partial charge in [0.25, 0.3) is 0 Å². The fourth-order valence-corrected chi connectivity index (χ4v) is 3.07. The summed E-state index contributed by atoms with van der Waals surface area (Å²) in [6, 6.07) is 3.81. The number of carbonyl (C=O) groups excluding carboxylic acids is 1. The molecule has 2 aromatic rings. The van der Waals surface area contributed by atoms with E-state index in [4.69, 9.17) is 9.47 Å². The molecule has 2 aromatic heterocycles. The second-order valence-electron chi connectivity index (χ2n) is 6.56. The normalized spacial score (nSPS) is 11.2. The summed E-state index contributed by atoms with van der Waals surface area (Å²) in [4.78, 5) is 18.7. The maximum absolute atomic E-state index is 12.6. The predicted molar refractivity (Wildman–Crippen MR) is 97.0 cm³/mol. The summed E-state index contributed by atoms with van der Waals surface area (Å²) in [6.07, 6.45) is 1.38. The lowest BCUT2D eigenvalue weighted by atomic mass is 10.1. The lowest BCUT2D eigenvalue weighted by Crippen LogP contribution is -2.36. The molecule has 0 atom stereocenters. The summed E-state index contributed by atoms with van der Waals surface area (Å²) in [5, 5.41) is 2.76. The van der Waals surface area contributed by atoms with E-state index in [1.807, 2.05) is 52.1 Å². The number of hydrogen-bond donors (Lipinski definition) is 0. The highest BCUT2D eigenvalue weighted by Gasteiger charge is 2.25. The van der Waals surface area contributed by atoms with Crippen LogP contribution in [0.25, 0.3) is 0 Å². The number of rotatable bonds is 4. The first kappa shape index (κ1) is 18.3. The van der Waals surface area contributed by atoms with E-state index in [1.165, 1.54) is 11.3 Å². The Bertz CT molecular complexity index is 706. The number of amides is 1. The van der Waals surface area contributed by atoms with E-state index in [1.54, 1.807) is 18.2 Å². The van der Waals surface area contributed by atoms with Crippen LogP contribution < -0.4 is 9.64 Å². The third-order valence-electron chi connectivity index (χ3n) is 3.44. The molecule has 0 saturated carbocycles. The van der Waals surface area contributed by atoms with Gasteiger partial charge in [-0.15, -0.1) is 11.3 Å². The lowest BCUT2D eigenvalue weighted by Gasteiger charge is -2.27. The molecule has 1 amide bonds. The molecule has 0 unspecified atom stereocenters. The maximum atomic E-state index is 12.6. The van der Waals surface area contributed by atoms with E-state index < -0.39 is 5.60 Å². The molecule has 0 radical (unpaired) electrons. The minimum atomic E-state index is -0.556. The minimum Gasteiger partial charge on any atom is -0.496 e. The number of hydrogen-bond acceptors (Lipinski definition) is 5. The Balaban J connectivity index is 2.35. The van der Waals surface area contributed by atoms with E-state index in [9.17, 15) is 4.79 Å². The molecule has 5 nitrogen and oxygen atoms in total. The highest BCUT2D eigenvalue weighted by atomic mass is 32.1. The highest BCUT2D eigenvalue weighted by molar-refractivity contribution is 7.14. The van der Waals surface area contributed by atoms with Crippen molar-refractivity contribution in [3.05, 3.63) is 40.5 Å². The number of anilines is 1. The summed E-state index contributed by atoms with van der Waals surface area (Å²) in [6.45, 7) is 9.81. The van der Waals surface area contributed by atoms with Crippen molar-refractivity contribution in [1.29, 1.82) is 0 Å². The Morgan fingerprint density at radius 3 is 2.58 bits per heavy atom. The summed E-state index contributed by atoms with van der Waals surface area (Å²) < 4.78 is 11.0. The fourth-order valence-electron chi connectivity index (χ4n) is 2.35. The molecule has 0 spiro atoms. The Labute approximate surface area is 147 Å². The van der Waals surface area contributed by atoms with E-state index in [0.29, 0.717) is 6.54 Å². The molecule has 0 saturated heterocycles. The summed E-state index contributed by atoms with van der Waals surface area (Å²) in [5.74, 6) is 0.801. The SMILES string of the molecule is COc1c(C)cnc(CN(C(=O)OC(C)(C)C)c2cccs2)c1C. The largest absolute Gasteiger partial charge is 0.496 e. The van der Waals surface area contributed by atoms with Crippen LogP contribution in [0.2, 0.25) is 0 Å². The van der Waals surface area contributed by atoms with Gasteiger partial charge in [0.15, 0.2) is 0 Å². The molecule has 130 valence electrons. The fraction of sp³-hybridized carbons (Fsp3) is 0.444. The van der Waals surface area contributed by atoms with Crippen LogP contribution in [0.3, 0.4) is 0 Å². The van der Waals surface area contributed by atoms with Crippen molar-refractivity contribution in [1.82, 2.24) is 4.98 Å². The monoisotopic (exact) mass is 348 g/mol. The lowest BCUT2D eigenvalue weighted by molar-refractivity contribution is 0.0578. The summed E-state index contributed by atoms with van der Waals surface area (Å²) in [5.41, 5.74) is 2.14. The number of aryl methyl sites for hydroxylation is 1. The van der Waals surface area contributed by atoms with Gasteiger partial charge in [-0.2, -0.15) is 0 Å². The van der Waals surface area contributed by atoms with E-state index >= 15 is 0 Å². The molecular weight excluding hydrogens is 324 g/mol. The molecule has 0 aromatic carbocycles. The van der Waals surface area contributed by atoms with Gasteiger partial charge in [0.2, 0.25) is 0 Å². The number of ether oxygens (including phenoxy) is 2. The van der Waals surface area contributed by atoms with Crippen molar-refractivity contribution in [3.63, 3.8) is 0 Å². The number of nitrogens with zero attached hydrogens (tertiary/aromatic N) is 2. The predicted octanol–water partition coefficient (Wildman–Crippen LogP) is 4.71.